The molecule has 44 heavy (non-hydrogen) atoms. The Balaban J connectivity index is 1.49. The molecule has 1 heterocycles. The summed E-state index contributed by atoms with van der Waals surface area (Å²) in [5, 5.41) is 0. The van der Waals surface area contributed by atoms with Crippen molar-refractivity contribution in [1.82, 2.24) is 0 Å². The van der Waals surface area contributed by atoms with Gasteiger partial charge in [0, 0.05) is 14.6 Å². The second-order valence-electron chi connectivity index (χ2n) is 12.4. The van der Waals surface area contributed by atoms with E-state index in [0.717, 1.165) is 21.8 Å². The first-order valence-electron chi connectivity index (χ1n) is 16.3. The minimum Gasteiger partial charge on any atom is -0.310 e. The molecule has 0 saturated heterocycles. The Morgan fingerprint density at radius 1 is 0.523 bits per heavy atom. The Morgan fingerprint density at radius 2 is 1.00 bits per heavy atom. The monoisotopic (exact) mass is 703 g/mol. The van der Waals surface area contributed by atoms with E-state index in [-0.39, 0.29) is 0 Å². The van der Waals surface area contributed by atoms with E-state index in [1.807, 2.05) is 0 Å². The van der Waals surface area contributed by atoms with Crippen molar-refractivity contribution in [2.45, 2.75) is 70.6 Å². The summed E-state index contributed by atoms with van der Waals surface area (Å²) in [6, 6.07) is 39.3. The van der Waals surface area contributed by atoms with Crippen LogP contribution < -0.4 is 4.90 Å². The van der Waals surface area contributed by atoms with Gasteiger partial charge in [0.2, 0.25) is 0 Å². The summed E-state index contributed by atoms with van der Waals surface area (Å²) in [6.45, 7) is 4.58. The summed E-state index contributed by atoms with van der Waals surface area (Å²) in [6.07, 6.45) is 9.78. The lowest BCUT2D eigenvalue weighted by atomic mass is 9.64. The van der Waals surface area contributed by atoms with Crippen molar-refractivity contribution in [3.05, 3.63) is 145 Å². The summed E-state index contributed by atoms with van der Waals surface area (Å²) in [4.78, 5) is 2.55. The molecule has 222 valence electrons. The van der Waals surface area contributed by atoms with Gasteiger partial charge in [-0.2, -0.15) is 0 Å². The van der Waals surface area contributed by atoms with E-state index in [0.29, 0.717) is 0 Å². The summed E-state index contributed by atoms with van der Waals surface area (Å²) in [5.74, 6) is 0. The fourth-order valence-electron chi connectivity index (χ4n) is 7.69. The van der Waals surface area contributed by atoms with Crippen molar-refractivity contribution in [3.63, 3.8) is 0 Å². The molecule has 2 aliphatic rings. The number of rotatable bonds is 9. The first-order valence-corrected chi connectivity index (χ1v) is 17.9. The zero-order chi connectivity index (χ0) is 30.3. The van der Waals surface area contributed by atoms with Crippen LogP contribution in [0.2, 0.25) is 0 Å². The summed E-state index contributed by atoms with van der Waals surface area (Å²) >= 11 is 7.70. The molecule has 3 heteroatoms. The SMILES string of the molecule is CCCCCc1cc(CCCCC)cc(N2c3ccccc3C3(c4cc(Br)ccc4-c4ccc(Br)cc43)c3ccccc32)c1. The molecular weight excluding hydrogens is 666 g/mol. The van der Waals surface area contributed by atoms with Gasteiger partial charge in [0.15, 0.2) is 0 Å². The maximum Gasteiger partial charge on any atom is 0.0755 e. The first-order chi connectivity index (χ1) is 21.6. The highest BCUT2D eigenvalue weighted by molar-refractivity contribution is 9.10. The second-order valence-corrected chi connectivity index (χ2v) is 14.3. The minimum absolute atomic E-state index is 0.426. The van der Waals surface area contributed by atoms with Crippen LogP contribution in [0.3, 0.4) is 0 Å². The topological polar surface area (TPSA) is 3.24 Å². The summed E-state index contributed by atoms with van der Waals surface area (Å²) in [7, 11) is 0. The minimum atomic E-state index is -0.426. The third-order valence-electron chi connectivity index (χ3n) is 9.59. The third kappa shape index (κ3) is 4.88. The number of unbranched alkanes of at least 4 members (excludes halogenated alkanes) is 4. The summed E-state index contributed by atoms with van der Waals surface area (Å²) < 4.78 is 2.22. The van der Waals surface area contributed by atoms with E-state index in [1.165, 1.54) is 100 Å². The molecule has 1 aliphatic heterocycles. The zero-order valence-corrected chi connectivity index (χ0v) is 28.8. The Labute approximate surface area is 279 Å². The molecule has 0 unspecified atom stereocenters. The second kappa shape index (κ2) is 12.3. The van der Waals surface area contributed by atoms with Gasteiger partial charge in [-0.15, -0.1) is 0 Å². The van der Waals surface area contributed by atoms with E-state index in [2.05, 4.69) is 154 Å². The van der Waals surface area contributed by atoms with Crippen molar-refractivity contribution >= 4 is 48.9 Å². The number of hydrogen-bond acceptors (Lipinski definition) is 1. The highest BCUT2D eigenvalue weighted by Gasteiger charge is 2.51. The van der Waals surface area contributed by atoms with Crippen LogP contribution in [0.4, 0.5) is 17.1 Å². The lowest BCUT2D eigenvalue weighted by Crippen LogP contribution is -2.36. The smallest absolute Gasteiger partial charge is 0.0755 e. The Bertz CT molecular complexity index is 1710. The van der Waals surface area contributed by atoms with Crippen LogP contribution in [0.15, 0.2) is 112 Å². The number of anilines is 3. The van der Waals surface area contributed by atoms with Crippen molar-refractivity contribution in [1.29, 1.82) is 0 Å². The van der Waals surface area contributed by atoms with E-state index < -0.39 is 5.41 Å². The molecule has 0 radical (unpaired) electrons. The van der Waals surface area contributed by atoms with Crippen molar-refractivity contribution in [2.75, 3.05) is 4.90 Å². The van der Waals surface area contributed by atoms with Crippen LogP contribution in [0.25, 0.3) is 11.1 Å². The molecule has 0 atom stereocenters. The molecule has 0 bridgehead atoms. The number of para-hydroxylation sites is 2. The first kappa shape index (κ1) is 29.6. The van der Waals surface area contributed by atoms with E-state index in [9.17, 15) is 0 Å². The molecule has 7 rings (SSSR count). The molecule has 1 spiro atoms. The van der Waals surface area contributed by atoms with Crippen LogP contribution in [-0.4, -0.2) is 0 Å². The number of nitrogens with zero attached hydrogens (tertiary/aromatic N) is 1. The van der Waals surface area contributed by atoms with Crippen LogP contribution in [0.1, 0.15) is 85.8 Å². The van der Waals surface area contributed by atoms with E-state index >= 15 is 0 Å². The van der Waals surface area contributed by atoms with Crippen LogP contribution >= 0.6 is 31.9 Å². The number of benzene rings is 5. The van der Waals surface area contributed by atoms with Gasteiger partial charge < -0.3 is 4.90 Å². The molecular formula is C41H39Br2N. The van der Waals surface area contributed by atoms with Crippen molar-refractivity contribution < 1.29 is 0 Å². The van der Waals surface area contributed by atoms with Gasteiger partial charge >= 0.3 is 0 Å². The fraction of sp³-hybridized carbons (Fsp3) is 0.268. The number of halogens is 2. The molecule has 0 fully saturated rings. The zero-order valence-electron chi connectivity index (χ0n) is 25.7. The fourth-order valence-corrected chi connectivity index (χ4v) is 8.41. The molecule has 0 saturated carbocycles. The largest absolute Gasteiger partial charge is 0.310 e. The van der Waals surface area contributed by atoms with Gasteiger partial charge in [-0.25, -0.2) is 0 Å². The van der Waals surface area contributed by atoms with Gasteiger partial charge in [0.25, 0.3) is 0 Å². The molecule has 1 nitrogen and oxygen atoms in total. The molecule has 1 aliphatic carbocycles. The summed E-state index contributed by atoms with van der Waals surface area (Å²) in [5.41, 5.74) is 14.3. The molecule has 0 amide bonds. The lowest BCUT2D eigenvalue weighted by Gasteiger charge is -2.45. The van der Waals surface area contributed by atoms with Crippen molar-refractivity contribution in [2.24, 2.45) is 0 Å². The average molecular weight is 706 g/mol. The van der Waals surface area contributed by atoms with E-state index in [4.69, 9.17) is 0 Å². The van der Waals surface area contributed by atoms with Crippen LogP contribution in [0, 0.1) is 0 Å². The normalized spacial score (nSPS) is 13.9. The standard InChI is InChI=1S/C41H39Br2N/c1-3-5-7-13-28-23-29(14-8-6-4-2)25-32(24-28)44-39-17-11-9-15-35(39)41(36-16-10-12-18-40(36)44)37-26-30(42)19-21-33(37)34-22-20-31(43)27-38(34)41/h9-12,15-27H,3-8,13-14H2,1-2H3. The van der Waals surface area contributed by atoms with Gasteiger partial charge in [-0.3, -0.25) is 0 Å². The number of fused-ring (bicyclic) bond motifs is 9. The third-order valence-corrected chi connectivity index (χ3v) is 10.6. The van der Waals surface area contributed by atoms with Gasteiger partial charge in [0.05, 0.1) is 16.8 Å². The van der Waals surface area contributed by atoms with Gasteiger partial charge in [-0.1, -0.05) is 126 Å². The number of hydrogen-bond donors (Lipinski definition) is 0. The average Bonchev–Trinajstić information content (AvgIpc) is 3.30. The predicted octanol–water partition coefficient (Wildman–Crippen LogP) is 12.8. The molecule has 5 aromatic carbocycles. The van der Waals surface area contributed by atoms with Gasteiger partial charge in [0.1, 0.15) is 0 Å². The number of aryl methyl sites for hydroxylation is 2. The molecule has 0 aromatic heterocycles. The Kier molecular flexibility index (Phi) is 8.29. The predicted molar refractivity (Wildman–Crippen MR) is 194 cm³/mol. The molecule has 5 aromatic rings. The Morgan fingerprint density at radius 3 is 1.48 bits per heavy atom. The Hall–Kier alpha value is -3.14. The van der Waals surface area contributed by atoms with Crippen molar-refractivity contribution in [3.8, 4) is 11.1 Å². The maximum atomic E-state index is 3.85. The quantitative estimate of drug-likeness (QED) is 0.135. The highest BCUT2D eigenvalue weighted by atomic mass is 79.9. The lowest BCUT2D eigenvalue weighted by molar-refractivity contribution is 0.708. The van der Waals surface area contributed by atoms with Crippen LogP contribution in [0.5, 0.6) is 0 Å². The highest BCUT2D eigenvalue weighted by Crippen LogP contribution is 2.63. The van der Waals surface area contributed by atoms with Crippen LogP contribution in [-0.2, 0) is 18.3 Å². The van der Waals surface area contributed by atoms with E-state index in [1.54, 1.807) is 0 Å². The van der Waals surface area contributed by atoms with Gasteiger partial charge in [-0.05, 0) is 119 Å². The maximum absolute atomic E-state index is 3.85. The molecule has 0 N–H and O–H groups in total.